The zero-order valence-electron chi connectivity index (χ0n) is 16.5. The zero-order chi connectivity index (χ0) is 22.2. The first-order chi connectivity index (χ1) is 14.7. The molecule has 0 aliphatic carbocycles. The molecule has 8 nitrogen and oxygen atoms in total. The van der Waals surface area contributed by atoms with Crippen molar-refractivity contribution in [1.29, 1.82) is 0 Å². The van der Waals surface area contributed by atoms with E-state index in [0.29, 0.717) is 30.2 Å². The number of amides is 2. The second-order valence-corrected chi connectivity index (χ2v) is 9.55. The van der Waals surface area contributed by atoms with Gasteiger partial charge in [-0.1, -0.05) is 11.6 Å². The molecule has 31 heavy (non-hydrogen) atoms. The molecule has 2 aromatic carbocycles. The van der Waals surface area contributed by atoms with E-state index in [4.69, 9.17) is 16.7 Å². The molecule has 3 aromatic rings. The van der Waals surface area contributed by atoms with Crippen LogP contribution in [0, 0.1) is 5.92 Å². The number of benzene rings is 2. The largest absolute Gasteiger partial charge is 0.361 e. The Morgan fingerprint density at radius 2 is 1.97 bits per heavy atom. The normalized spacial score (nSPS) is 16.8. The minimum atomic E-state index is -3.79. The highest BCUT2D eigenvalue weighted by Gasteiger charge is 2.34. The van der Waals surface area contributed by atoms with Crippen LogP contribution in [0.5, 0.6) is 0 Å². The fourth-order valence-corrected chi connectivity index (χ4v) is 4.44. The molecule has 1 fully saturated rings. The minimum absolute atomic E-state index is 0.0358. The summed E-state index contributed by atoms with van der Waals surface area (Å²) in [6.45, 7) is 0.841. The van der Waals surface area contributed by atoms with Gasteiger partial charge >= 0.3 is 0 Å². The number of hydrogen-bond acceptors (Lipinski definition) is 4. The minimum Gasteiger partial charge on any atom is -0.361 e. The Hall–Kier alpha value is -2.88. The number of sulfonamides is 1. The molecule has 1 aliphatic rings. The first-order valence-electron chi connectivity index (χ1n) is 9.68. The van der Waals surface area contributed by atoms with Gasteiger partial charge in [-0.2, -0.15) is 0 Å². The van der Waals surface area contributed by atoms with E-state index < -0.39 is 15.9 Å². The van der Waals surface area contributed by atoms with Crippen molar-refractivity contribution in [2.75, 3.05) is 18.4 Å². The van der Waals surface area contributed by atoms with E-state index in [9.17, 15) is 18.0 Å². The first kappa shape index (κ1) is 21.4. The number of H-pyrrole nitrogens is 1. The van der Waals surface area contributed by atoms with Gasteiger partial charge in [0.25, 0.3) is 0 Å². The van der Waals surface area contributed by atoms with Crippen molar-refractivity contribution in [3.63, 3.8) is 0 Å². The van der Waals surface area contributed by atoms with E-state index in [1.807, 2.05) is 24.4 Å². The SMILES string of the molecule is NS(=O)(=O)c1ccc(NC(=O)C2CC(=O)N(CCc3c[nH]c4ccc(Cl)cc34)C2)cc1. The number of nitrogens with one attached hydrogen (secondary N) is 2. The van der Waals surface area contributed by atoms with E-state index in [1.165, 1.54) is 24.3 Å². The van der Waals surface area contributed by atoms with Gasteiger partial charge in [-0.05, 0) is 54.4 Å². The summed E-state index contributed by atoms with van der Waals surface area (Å²) in [4.78, 5) is 29.8. The topological polar surface area (TPSA) is 125 Å². The maximum absolute atomic E-state index is 12.6. The second-order valence-electron chi connectivity index (χ2n) is 7.55. The number of fused-ring (bicyclic) bond motifs is 1. The molecular weight excluding hydrogens is 440 g/mol. The fraction of sp³-hybridized carbons (Fsp3) is 0.238. The number of nitrogens with two attached hydrogens (primary N) is 1. The van der Waals surface area contributed by atoms with Crippen LogP contribution in [0.3, 0.4) is 0 Å². The summed E-state index contributed by atoms with van der Waals surface area (Å²) < 4.78 is 22.6. The molecule has 0 spiro atoms. The number of hydrogen-bond donors (Lipinski definition) is 3. The summed E-state index contributed by atoms with van der Waals surface area (Å²) in [6.07, 6.45) is 2.70. The summed E-state index contributed by atoms with van der Waals surface area (Å²) in [5, 5.41) is 9.48. The van der Waals surface area contributed by atoms with Crippen molar-refractivity contribution in [2.45, 2.75) is 17.7 Å². The average molecular weight is 461 g/mol. The number of halogens is 1. The number of carbonyl (C=O) groups is 2. The molecule has 0 saturated carbocycles. The molecule has 4 N–H and O–H groups in total. The Bertz CT molecular complexity index is 1250. The lowest BCUT2D eigenvalue weighted by atomic mass is 10.1. The molecule has 162 valence electrons. The molecule has 2 heterocycles. The van der Waals surface area contributed by atoms with Crippen LogP contribution in [-0.4, -0.2) is 43.2 Å². The maximum Gasteiger partial charge on any atom is 0.238 e. The number of aromatic nitrogens is 1. The van der Waals surface area contributed by atoms with Crippen LogP contribution in [0.15, 0.2) is 53.6 Å². The van der Waals surface area contributed by atoms with Crippen LogP contribution in [0.4, 0.5) is 5.69 Å². The van der Waals surface area contributed by atoms with Crippen LogP contribution < -0.4 is 10.5 Å². The molecule has 1 saturated heterocycles. The zero-order valence-corrected chi connectivity index (χ0v) is 18.0. The van der Waals surface area contributed by atoms with Crippen molar-refractivity contribution in [1.82, 2.24) is 9.88 Å². The molecule has 1 unspecified atom stereocenters. The van der Waals surface area contributed by atoms with Crippen LogP contribution >= 0.6 is 11.6 Å². The summed E-state index contributed by atoms with van der Waals surface area (Å²) in [5.41, 5.74) is 2.49. The Balaban J connectivity index is 1.36. The number of likely N-dealkylation sites (tertiary alicyclic amines) is 1. The van der Waals surface area contributed by atoms with E-state index in [0.717, 1.165) is 16.5 Å². The Kier molecular flexibility index (Phi) is 5.74. The summed E-state index contributed by atoms with van der Waals surface area (Å²) in [5.74, 6) is -0.816. The van der Waals surface area contributed by atoms with Crippen LogP contribution in [0.1, 0.15) is 12.0 Å². The van der Waals surface area contributed by atoms with E-state index in [1.54, 1.807) is 4.90 Å². The van der Waals surface area contributed by atoms with Gasteiger partial charge in [0, 0.05) is 47.3 Å². The van der Waals surface area contributed by atoms with Crippen molar-refractivity contribution < 1.29 is 18.0 Å². The lowest BCUT2D eigenvalue weighted by Crippen LogP contribution is -2.30. The molecule has 1 aromatic heterocycles. The van der Waals surface area contributed by atoms with E-state index >= 15 is 0 Å². The number of carbonyl (C=O) groups excluding carboxylic acids is 2. The van der Waals surface area contributed by atoms with Gasteiger partial charge in [0.05, 0.1) is 10.8 Å². The lowest BCUT2D eigenvalue weighted by molar-refractivity contribution is -0.128. The summed E-state index contributed by atoms with van der Waals surface area (Å²) in [7, 11) is -3.79. The number of primary sulfonamides is 1. The van der Waals surface area contributed by atoms with Crippen molar-refractivity contribution in [3.8, 4) is 0 Å². The average Bonchev–Trinajstić information content (AvgIpc) is 3.29. The molecule has 4 rings (SSSR count). The molecule has 10 heteroatoms. The van der Waals surface area contributed by atoms with Crippen LogP contribution in [0.2, 0.25) is 5.02 Å². The van der Waals surface area contributed by atoms with E-state index in [2.05, 4.69) is 10.3 Å². The van der Waals surface area contributed by atoms with Gasteiger partial charge in [0.1, 0.15) is 0 Å². The summed E-state index contributed by atoms with van der Waals surface area (Å²) in [6, 6.07) is 11.2. The van der Waals surface area contributed by atoms with Crippen molar-refractivity contribution >= 4 is 50.0 Å². The highest BCUT2D eigenvalue weighted by atomic mass is 35.5. The van der Waals surface area contributed by atoms with Gasteiger partial charge in [-0.25, -0.2) is 13.6 Å². The third kappa shape index (κ3) is 4.73. The Labute approximate surface area is 184 Å². The molecule has 0 bridgehead atoms. The molecule has 2 amide bonds. The third-order valence-corrected chi connectivity index (χ3v) is 6.58. The summed E-state index contributed by atoms with van der Waals surface area (Å²) >= 11 is 6.09. The van der Waals surface area contributed by atoms with Gasteiger partial charge in [0.2, 0.25) is 21.8 Å². The van der Waals surface area contributed by atoms with Crippen molar-refractivity contribution in [3.05, 3.63) is 59.2 Å². The molecule has 0 radical (unpaired) electrons. The van der Waals surface area contributed by atoms with Gasteiger partial charge in [-0.3, -0.25) is 9.59 Å². The van der Waals surface area contributed by atoms with E-state index in [-0.39, 0.29) is 23.1 Å². The first-order valence-corrected chi connectivity index (χ1v) is 11.6. The lowest BCUT2D eigenvalue weighted by Gasteiger charge is -2.16. The Morgan fingerprint density at radius 3 is 2.68 bits per heavy atom. The highest BCUT2D eigenvalue weighted by Crippen LogP contribution is 2.25. The second kappa shape index (κ2) is 8.33. The quantitative estimate of drug-likeness (QED) is 0.522. The van der Waals surface area contributed by atoms with Crippen molar-refractivity contribution in [2.24, 2.45) is 11.1 Å². The van der Waals surface area contributed by atoms with Gasteiger partial charge in [0.15, 0.2) is 0 Å². The molecule has 1 atom stereocenters. The molecular formula is C21H21ClN4O4S. The monoisotopic (exact) mass is 460 g/mol. The number of rotatable bonds is 6. The molecule has 1 aliphatic heterocycles. The predicted molar refractivity (Wildman–Crippen MR) is 118 cm³/mol. The van der Waals surface area contributed by atoms with Gasteiger partial charge < -0.3 is 15.2 Å². The maximum atomic E-state index is 12.6. The van der Waals surface area contributed by atoms with Gasteiger partial charge in [-0.15, -0.1) is 0 Å². The van der Waals surface area contributed by atoms with Crippen LogP contribution in [-0.2, 0) is 26.0 Å². The fourth-order valence-electron chi connectivity index (χ4n) is 3.75. The van der Waals surface area contributed by atoms with Crippen LogP contribution in [0.25, 0.3) is 10.9 Å². The predicted octanol–water partition coefficient (Wildman–Crippen LogP) is 2.50. The third-order valence-electron chi connectivity index (χ3n) is 5.42. The smallest absolute Gasteiger partial charge is 0.238 e. The number of aromatic amines is 1. The number of anilines is 1. The Morgan fingerprint density at radius 1 is 1.23 bits per heavy atom. The number of nitrogens with zero attached hydrogens (tertiary/aromatic N) is 1. The highest BCUT2D eigenvalue weighted by molar-refractivity contribution is 7.89. The standard InChI is InChI=1S/C21H21ClN4O4S/c22-15-1-6-19-18(10-15)13(11-24-19)7-8-26-12-14(9-20(26)27)21(28)25-16-2-4-17(5-3-16)31(23,29)30/h1-6,10-11,14,24H,7-9,12H2,(H,25,28)(H2,23,29,30).